The maximum atomic E-state index is 9.22. The summed E-state index contributed by atoms with van der Waals surface area (Å²) < 4.78 is 31.0. The molecule has 1 rings (SSSR count). The highest BCUT2D eigenvalue weighted by molar-refractivity contribution is 7.96. The lowest BCUT2D eigenvalue weighted by atomic mass is 10.3. The number of rotatable bonds is 4. The third kappa shape index (κ3) is 7.54. The van der Waals surface area contributed by atoms with Gasteiger partial charge in [-0.25, -0.2) is 8.42 Å². The summed E-state index contributed by atoms with van der Waals surface area (Å²) in [5.41, 5.74) is 0. The van der Waals surface area contributed by atoms with E-state index in [1.54, 1.807) is 12.1 Å². The van der Waals surface area contributed by atoms with Crippen LogP contribution >= 0.6 is 0 Å². The number of aromatic hydroxyl groups is 1. The van der Waals surface area contributed by atoms with E-state index in [0.717, 1.165) is 7.11 Å². The van der Waals surface area contributed by atoms with E-state index >= 15 is 0 Å². The topological polar surface area (TPSA) is 86.7 Å². The maximum Gasteiger partial charge on any atom is 0.217 e. The van der Waals surface area contributed by atoms with Crippen molar-refractivity contribution in [3.05, 3.63) is 24.3 Å². The molecule has 0 saturated heterocycles. The Morgan fingerprint density at radius 3 is 1.89 bits per heavy atom. The molecular formula is C11H18O5S2. The van der Waals surface area contributed by atoms with Gasteiger partial charge in [0.2, 0.25) is 10.4 Å². The van der Waals surface area contributed by atoms with Gasteiger partial charge in [-0.2, -0.15) is 0 Å². The highest BCUT2D eigenvalue weighted by Gasteiger charge is 2.15. The molecule has 104 valence electrons. The summed E-state index contributed by atoms with van der Waals surface area (Å²) >= 11 is 0. The van der Waals surface area contributed by atoms with Crippen LogP contribution in [0.4, 0.5) is 0 Å². The largest absolute Gasteiger partial charge is 0.726 e. The normalized spacial score (nSPS) is 10.9. The Bertz CT molecular complexity index is 423. The predicted octanol–water partition coefficient (Wildman–Crippen LogP) is 1.50. The van der Waals surface area contributed by atoms with Crippen molar-refractivity contribution in [3.63, 3.8) is 0 Å². The minimum atomic E-state index is -4.41. The van der Waals surface area contributed by atoms with Crippen LogP contribution in [0.5, 0.6) is 5.75 Å². The van der Waals surface area contributed by atoms with E-state index in [0.29, 0.717) is 16.6 Å². The van der Waals surface area contributed by atoms with Gasteiger partial charge in [-0.15, -0.1) is 0 Å². The predicted molar refractivity (Wildman–Crippen MR) is 71.5 cm³/mol. The Morgan fingerprint density at radius 2 is 1.61 bits per heavy atom. The Balaban J connectivity index is 0.000000411. The molecule has 0 bridgehead atoms. The molecule has 1 aromatic carbocycles. The molecule has 0 saturated carbocycles. The second-order valence-corrected chi connectivity index (χ2v) is 6.90. The molecule has 1 N–H and O–H groups in total. The number of phenols is 1. The highest BCUT2D eigenvalue weighted by Crippen LogP contribution is 2.17. The summed E-state index contributed by atoms with van der Waals surface area (Å²) in [6.45, 7) is 4.42. The monoisotopic (exact) mass is 294 g/mol. The first-order valence-corrected chi connectivity index (χ1v) is 8.21. The van der Waals surface area contributed by atoms with Gasteiger partial charge in [0.05, 0.1) is 7.11 Å². The lowest BCUT2D eigenvalue weighted by Gasteiger charge is -2.02. The molecule has 0 spiro atoms. The Labute approximate surface area is 111 Å². The van der Waals surface area contributed by atoms with Crippen molar-refractivity contribution in [2.75, 3.05) is 18.6 Å². The Kier molecular flexibility index (Phi) is 8.01. The first-order valence-electron chi connectivity index (χ1n) is 5.32. The van der Waals surface area contributed by atoms with Gasteiger partial charge in [0.15, 0.2) is 4.90 Å². The van der Waals surface area contributed by atoms with Crippen molar-refractivity contribution in [1.29, 1.82) is 0 Å². The van der Waals surface area contributed by atoms with E-state index in [9.17, 15) is 13.0 Å². The lowest BCUT2D eigenvalue weighted by Crippen LogP contribution is -2.07. The molecule has 0 heterocycles. The first kappa shape index (κ1) is 17.2. The molecule has 0 radical (unpaired) electrons. The zero-order valence-corrected chi connectivity index (χ0v) is 12.3. The molecule has 0 aliphatic carbocycles. The molecular weight excluding hydrogens is 276 g/mol. The van der Waals surface area contributed by atoms with Gasteiger partial charge in [-0.1, -0.05) is 0 Å². The lowest BCUT2D eigenvalue weighted by molar-refractivity contribution is 0.314. The zero-order chi connectivity index (χ0) is 14.2. The van der Waals surface area contributed by atoms with E-state index in [-0.39, 0.29) is 0 Å². The van der Waals surface area contributed by atoms with Crippen LogP contribution in [0.2, 0.25) is 0 Å². The van der Waals surface area contributed by atoms with Gasteiger partial charge in [0.1, 0.15) is 17.3 Å². The van der Waals surface area contributed by atoms with Crippen molar-refractivity contribution in [1.82, 2.24) is 0 Å². The van der Waals surface area contributed by atoms with E-state index in [1.807, 2.05) is 12.1 Å². The SMILES string of the molecule is CC[S+](CC)c1ccc(O)cc1.COS(=O)(=O)[O-]. The van der Waals surface area contributed by atoms with Gasteiger partial charge in [-0.3, -0.25) is 4.18 Å². The van der Waals surface area contributed by atoms with Crippen molar-refractivity contribution >= 4 is 21.3 Å². The molecule has 5 nitrogen and oxygen atoms in total. The van der Waals surface area contributed by atoms with Crippen molar-refractivity contribution in [2.45, 2.75) is 18.7 Å². The molecule has 0 unspecified atom stereocenters. The van der Waals surface area contributed by atoms with Gasteiger partial charge in [0, 0.05) is 10.9 Å². The number of hydrogen-bond acceptors (Lipinski definition) is 5. The summed E-state index contributed by atoms with van der Waals surface area (Å²) in [5, 5.41) is 9.09. The summed E-state index contributed by atoms with van der Waals surface area (Å²) in [7, 11) is -3.23. The maximum absolute atomic E-state index is 9.22. The fourth-order valence-corrected chi connectivity index (χ4v) is 2.77. The molecule has 18 heavy (non-hydrogen) atoms. The van der Waals surface area contributed by atoms with Gasteiger partial charge >= 0.3 is 0 Å². The molecule has 0 aliphatic rings. The molecule has 1 aromatic rings. The van der Waals surface area contributed by atoms with E-state index in [1.165, 1.54) is 16.4 Å². The first-order chi connectivity index (χ1) is 8.34. The quantitative estimate of drug-likeness (QED) is 0.516. The van der Waals surface area contributed by atoms with Crippen LogP contribution in [0.15, 0.2) is 29.2 Å². The average molecular weight is 294 g/mol. The minimum Gasteiger partial charge on any atom is -0.726 e. The van der Waals surface area contributed by atoms with Crippen LogP contribution in [0.25, 0.3) is 0 Å². The van der Waals surface area contributed by atoms with Crippen molar-refractivity contribution in [2.24, 2.45) is 0 Å². The summed E-state index contributed by atoms with van der Waals surface area (Å²) in [5.74, 6) is 2.75. The van der Waals surface area contributed by atoms with Gasteiger partial charge in [-0.05, 0) is 38.1 Å². The average Bonchev–Trinajstić information content (AvgIpc) is 2.33. The number of phenolic OH excluding ortho intramolecular Hbond substituents is 1. The summed E-state index contributed by atoms with van der Waals surface area (Å²) in [6, 6.07) is 7.57. The summed E-state index contributed by atoms with van der Waals surface area (Å²) in [4.78, 5) is 1.36. The molecule has 7 heteroatoms. The van der Waals surface area contributed by atoms with Gasteiger partial charge < -0.3 is 9.66 Å². The van der Waals surface area contributed by atoms with Crippen LogP contribution in [-0.4, -0.2) is 36.7 Å². The Morgan fingerprint density at radius 1 is 1.22 bits per heavy atom. The second-order valence-electron chi connectivity index (χ2n) is 3.14. The van der Waals surface area contributed by atoms with E-state index < -0.39 is 10.4 Å². The van der Waals surface area contributed by atoms with Crippen LogP contribution in [-0.2, 0) is 25.5 Å². The zero-order valence-electron chi connectivity index (χ0n) is 10.6. The molecule has 0 fully saturated rings. The smallest absolute Gasteiger partial charge is 0.217 e. The minimum absolute atomic E-state index is 0.356. The molecule has 0 aromatic heterocycles. The van der Waals surface area contributed by atoms with Crippen LogP contribution < -0.4 is 0 Å². The van der Waals surface area contributed by atoms with Crippen molar-refractivity contribution in [3.8, 4) is 5.75 Å². The Hall–Kier alpha value is -0.760. The third-order valence-electron chi connectivity index (χ3n) is 2.07. The molecule has 0 amide bonds. The third-order valence-corrected chi connectivity index (χ3v) is 4.81. The van der Waals surface area contributed by atoms with E-state index in [4.69, 9.17) is 5.11 Å². The number of benzene rings is 1. The molecule has 0 aliphatic heterocycles. The van der Waals surface area contributed by atoms with Gasteiger partial charge in [0.25, 0.3) is 0 Å². The second kappa shape index (κ2) is 8.36. The summed E-state index contributed by atoms with van der Waals surface area (Å²) in [6.07, 6.45) is 0. The standard InChI is InChI=1S/C10H14OS.CH4O4S/c1-3-12(4-2)10-7-5-9(11)6-8-10;1-5-6(2,3)4/h5-8H,3-4H2,1-2H3;1H3,(H,2,3,4). The van der Waals surface area contributed by atoms with Crippen molar-refractivity contribution < 1.29 is 22.3 Å². The van der Waals surface area contributed by atoms with Crippen LogP contribution in [0.1, 0.15) is 13.8 Å². The number of hydrogen-bond donors (Lipinski definition) is 1. The highest BCUT2D eigenvalue weighted by atomic mass is 32.3. The van der Waals surface area contributed by atoms with E-state index in [2.05, 4.69) is 18.0 Å². The van der Waals surface area contributed by atoms with Crippen LogP contribution in [0.3, 0.4) is 0 Å². The fourth-order valence-electron chi connectivity index (χ4n) is 1.18. The fraction of sp³-hybridized carbons (Fsp3) is 0.455. The molecule has 0 atom stereocenters. The van der Waals surface area contributed by atoms with Crippen LogP contribution in [0, 0.1) is 0 Å².